The van der Waals surface area contributed by atoms with Crippen LogP contribution < -0.4 is 5.32 Å². The van der Waals surface area contributed by atoms with Crippen LogP contribution in [0.1, 0.15) is 53.9 Å². The molecule has 140 valence electrons. The molecule has 2 aromatic heterocycles. The summed E-state index contributed by atoms with van der Waals surface area (Å²) in [6.07, 6.45) is 9.04. The zero-order chi connectivity index (χ0) is 18.4. The monoisotopic (exact) mass is 366 g/mol. The van der Waals surface area contributed by atoms with E-state index in [1.54, 1.807) is 12.1 Å². The highest BCUT2D eigenvalue weighted by Crippen LogP contribution is 2.45. The van der Waals surface area contributed by atoms with Gasteiger partial charge in [0.15, 0.2) is 5.76 Å². The molecule has 0 unspecified atom stereocenters. The van der Waals surface area contributed by atoms with Gasteiger partial charge < -0.3 is 9.32 Å². The van der Waals surface area contributed by atoms with Crippen molar-refractivity contribution in [1.29, 1.82) is 0 Å². The lowest BCUT2D eigenvalue weighted by Gasteiger charge is -2.39. The summed E-state index contributed by atoms with van der Waals surface area (Å²) in [5.74, 6) is 0.923. The van der Waals surface area contributed by atoms with Gasteiger partial charge in [0.1, 0.15) is 0 Å². The molecule has 7 nitrogen and oxygen atoms in total. The van der Waals surface area contributed by atoms with Gasteiger partial charge in [0.05, 0.1) is 12.0 Å². The van der Waals surface area contributed by atoms with Gasteiger partial charge in [-0.1, -0.05) is 0 Å². The van der Waals surface area contributed by atoms with Crippen molar-refractivity contribution in [3.8, 4) is 0 Å². The fraction of sp³-hybridized carbons (Fsp3) is 0.500. The molecule has 2 fully saturated rings. The molecule has 1 N–H and O–H groups in total. The molecule has 2 aliphatic carbocycles. The predicted molar refractivity (Wildman–Crippen MR) is 97.2 cm³/mol. The third kappa shape index (κ3) is 2.91. The molecule has 2 aromatic rings. The lowest BCUT2D eigenvalue weighted by atomic mass is 9.76. The Labute approximate surface area is 157 Å². The summed E-state index contributed by atoms with van der Waals surface area (Å²) in [6.45, 7) is 1.37. The van der Waals surface area contributed by atoms with Gasteiger partial charge in [-0.3, -0.25) is 14.9 Å². The molecule has 0 aromatic carbocycles. The van der Waals surface area contributed by atoms with Crippen molar-refractivity contribution in [3.05, 3.63) is 41.6 Å². The summed E-state index contributed by atoms with van der Waals surface area (Å²) in [7, 11) is 0. The normalized spacial score (nSPS) is 20.5. The second-order valence-electron chi connectivity index (χ2n) is 7.88. The number of carbonyl (C=O) groups excluding carboxylic acids is 2. The Kier molecular flexibility index (Phi) is 3.77. The highest BCUT2D eigenvalue weighted by atomic mass is 16.3. The van der Waals surface area contributed by atoms with E-state index >= 15 is 0 Å². The second kappa shape index (κ2) is 6.18. The number of carbonyl (C=O) groups is 2. The summed E-state index contributed by atoms with van der Waals surface area (Å²) in [5, 5.41) is 2.86. The smallest absolute Gasteiger partial charge is 0.289 e. The summed E-state index contributed by atoms with van der Waals surface area (Å²) < 4.78 is 5.25. The minimum absolute atomic E-state index is 0.0166. The Bertz CT molecular complexity index is 881. The number of anilines is 1. The molecule has 3 aliphatic rings. The summed E-state index contributed by atoms with van der Waals surface area (Å²) in [6, 6.07) is 3.44. The molecule has 5 rings (SSSR count). The molecule has 1 saturated heterocycles. The van der Waals surface area contributed by atoms with E-state index < -0.39 is 0 Å². The maximum absolute atomic E-state index is 12.5. The van der Waals surface area contributed by atoms with Gasteiger partial charge in [-0.05, 0) is 56.2 Å². The first-order valence-electron chi connectivity index (χ1n) is 9.65. The van der Waals surface area contributed by atoms with Crippen LogP contribution in [-0.4, -0.2) is 39.8 Å². The van der Waals surface area contributed by atoms with Gasteiger partial charge in [0.25, 0.3) is 5.91 Å². The highest BCUT2D eigenvalue weighted by Gasteiger charge is 2.44. The van der Waals surface area contributed by atoms with Crippen LogP contribution in [0.25, 0.3) is 0 Å². The topological polar surface area (TPSA) is 88.3 Å². The minimum Gasteiger partial charge on any atom is -0.459 e. The maximum atomic E-state index is 12.5. The molecular formula is C20H22N4O3. The number of amides is 2. The molecule has 27 heavy (non-hydrogen) atoms. The molecule has 1 aliphatic heterocycles. The van der Waals surface area contributed by atoms with E-state index in [0.29, 0.717) is 24.8 Å². The van der Waals surface area contributed by atoms with Crippen molar-refractivity contribution in [2.24, 2.45) is 5.92 Å². The zero-order valence-electron chi connectivity index (χ0n) is 15.1. The minimum atomic E-state index is -0.0480. The first-order chi connectivity index (χ1) is 13.1. The zero-order valence-corrected chi connectivity index (χ0v) is 15.1. The molecule has 1 spiro atoms. The van der Waals surface area contributed by atoms with Crippen LogP contribution in [0, 0.1) is 5.92 Å². The van der Waals surface area contributed by atoms with E-state index in [-0.39, 0.29) is 23.1 Å². The quantitative estimate of drug-likeness (QED) is 0.902. The van der Waals surface area contributed by atoms with Gasteiger partial charge in [-0.15, -0.1) is 0 Å². The van der Waals surface area contributed by atoms with Crippen molar-refractivity contribution in [3.63, 3.8) is 0 Å². The first kappa shape index (κ1) is 16.5. The van der Waals surface area contributed by atoms with E-state index in [1.165, 1.54) is 11.8 Å². The van der Waals surface area contributed by atoms with Gasteiger partial charge >= 0.3 is 0 Å². The number of aryl methyl sites for hydroxylation is 1. The predicted octanol–water partition coefficient (Wildman–Crippen LogP) is 2.54. The Morgan fingerprint density at radius 1 is 1.22 bits per heavy atom. The van der Waals surface area contributed by atoms with Crippen LogP contribution in [-0.2, 0) is 16.6 Å². The standard InChI is InChI=1S/C20H22N4O3/c25-17(13-3-4-13)23-19-21-12-14-5-6-20(16(14)22-19)7-9-24(10-8-20)18(26)15-2-1-11-27-15/h1-2,11-13H,3-10H2,(H,21,22,23,25). The Morgan fingerprint density at radius 2 is 2.04 bits per heavy atom. The average Bonchev–Trinajstić information content (AvgIpc) is 3.30. The average molecular weight is 366 g/mol. The molecule has 0 radical (unpaired) electrons. The number of piperidine rings is 1. The lowest BCUT2D eigenvalue weighted by molar-refractivity contribution is -0.117. The van der Waals surface area contributed by atoms with Gasteiger partial charge in [-0.2, -0.15) is 0 Å². The number of nitrogens with zero attached hydrogens (tertiary/aromatic N) is 3. The van der Waals surface area contributed by atoms with Crippen LogP contribution in [0.5, 0.6) is 0 Å². The van der Waals surface area contributed by atoms with E-state index in [2.05, 4.69) is 10.3 Å². The van der Waals surface area contributed by atoms with Crippen LogP contribution in [0.4, 0.5) is 5.95 Å². The van der Waals surface area contributed by atoms with Crippen molar-refractivity contribution >= 4 is 17.8 Å². The van der Waals surface area contributed by atoms with Gasteiger partial charge in [0.2, 0.25) is 11.9 Å². The Morgan fingerprint density at radius 3 is 2.74 bits per heavy atom. The fourth-order valence-electron chi connectivity index (χ4n) is 4.34. The largest absolute Gasteiger partial charge is 0.459 e. The van der Waals surface area contributed by atoms with Crippen LogP contribution in [0.2, 0.25) is 0 Å². The highest BCUT2D eigenvalue weighted by molar-refractivity contribution is 5.92. The molecule has 0 atom stereocenters. The van der Waals surface area contributed by atoms with Crippen molar-refractivity contribution < 1.29 is 14.0 Å². The number of fused-ring (bicyclic) bond motifs is 2. The third-order valence-corrected chi connectivity index (χ3v) is 6.16. The molecule has 0 bridgehead atoms. The van der Waals surface area contributed by atoms with E-state index in [1.807, 2.05) is 11.1 Å². The summed E-state index contributed by atoms with van der Waals surface area (Å²) in [4.78, 5) is 35.5. The first-order valence-corrected chi connectivity index (χ1v) is 9.65. The van der Waals surface area contributed by atoms with Gasteiger partial charge in [-0.25, -0.2) is 9.97 Å². The lowest BCUT2D eigenvalue weighted by Crippen LogP contribution is -2.44. The van der Waals surface area contributed by atoms with Crippen LogP contribution in [0.15, 0.2) is 29.0 Å². The van der Waals surface area contributed by atoms with Crippen LogP contribution in [0.3, 0.4) is 0 Å². The second-order valence-corrected chi connectivity index (χ2v) is 7.88. The molecule has 2 amide bonds. The molecular weight excluding hydrogens is 344 g/mol. The fourth-order valence-corrected chi connectivity index (χ4v) is 4.34. The van der Waals surface area contributed by atoms with E-state index in [0.717, 1.165) is 44.2 Å². The Balaban J connectivity index is 1.32. The Hall–Kier alpha value is -2.70. The van der Waals surface area contributed by atoms with Crippen molar-refractivity contribution in [1.82, 2.24) is 14.9 Å². The van der Waals surface area contributed by atoms with E-state index in [9.17, 15) is 9.59 Å². The number of nitrogens with one attached hydrogen (secondary N) is 1. The molecule has 3 heterocycles. The number of likely N-dealkylation sites (tertiary alicyclic amines) is 1. The number of hydrogen-bond donors (Lipinski definition) is 1. The van der Waals surface area contributed by atoms with Crippen molar-refractivity contribution in [2.75, 3.05) is 18.4 Å². The summed E-state index contributed by atoms with van der Waals surface area (Å²) in [5.41, 5.74) is 2.22. The SMILES string of the molecule is O=C(Nc1ncc2c(n1)C1(CC2)CCN(C(=O)c2ccco2)CC1)C1CC1. The van der Waals surface area contributed by atoms with Gasteiger partial charge in [0, 0.05) is 30.6 Å². The number of aromatic nitrogens is 2. The van der Waals surface area contributed by atoms with Crippen molar-refractivity contribution in [2.45, 2.75) is 43.9 Å². The number of rotatable bonds is 3. The summed E-state index contributed by atoms with van der Waals surface area (Å²) >= 11 is 0. The number of hydrogen-bond acceptors (Lipinski definition) is 5. The third-order valence-electron chi connectivity index (χ3n) is 6.16. The number of furan rings is 1. The van der Waals surface area contributed by atoms with Crippen LogP contribution >= 0.6 is 0 Å². The molecule has 7 heteroatoms. The molecule has 1 saturated carbocycles. The maximum Gasteiger partial charge on any atom is 0.289 e. The van der Waals surface area contributed by atoms with E-state index in [4.69, 9.17) is 9.40 Å².